The van der Waals surface area contributed by atoms with E-state index in [1.54, 1.807) is 11.3 Å². The molecule has 2 aromatic rings. The normalized spacial score (nSPS) is 25.3. The number of aliphatic hydroxyl groups is 1. The monoisotopic (exact) mass is 304 g/mol. The Morgan fingerprint density at radius 1 is 1.43 bits per heavy atom. The van der Waals surface area contributed by atoms with Crippen LogP contribution in [0.25, 0.3) is 10.1 Å². The largest absolute Gasteiger partial charge is 0.386 e. The molecule has 3 unspecified atom stereocenters. The van der Waals surface area contributed by atoms with Gasteiger partial charge in [-0.05, 0) is 43.5 Å². The maximum atomic E-state index is 10.4. The minimum Gasteiger partial charge on any atom is -0.386 e. The van der Waals surface area contributed by atoms with E-state index < -0.39 is 6.10 Å². The molecule has 1 saturated heterocycles. The first kappa shape index (κ1) is 15.0. The summed E-state index contributed by atoms with van der Waals surface area (Å²) in [7, 11) is 2.18. The predicted molar refractivity (Wildman–Crippen MR) is 89.9 cm³/mol. The highest BCUT2D eigenvalue weighted by Crippen LogP contribution is 2.29. The van der Waals surface area contributed by atoms with E-state index in [4.69, 9.17) is 0 Å². The van der Waals surface area contributed by atoms with Crippen LogP contribution in [0.1, 0.15) is 24.3 Å². The second-order valence-electron chi connectivity index (χ2n) is 6.25. The highest BCUT2D eigenvalue weighted by atomic mass is 32.1. The van der Waals surface area contributed by atoms with Crippen LogP contribution in [-0.2, 0) is 0 Å². The van der Waals surface area contributed by atoms with Crippen LogP contribution in [0.5, 0.6) is 0 Å². The van der Waals surface area contributed by atoms with Crippen LogP contribution >= 0.6 is 11.3 Å². The lowest BCUT2D eigenvalue weighted by atomic mass is 9.94. The van der Waals surface area contributed by atoms with Gasteiger partial charge in [0.25, 0.3) is 0 Å². The minimum absolute atomic E-state index is 0.408. The van der Waals surface area contributed by atoms with Gasteiger partial charge in [-0.3, -0.25) is 0 Å². The molecule has 0 aliphatic carbocycles. The second kappa shape index (κ2) is 6.44. The maximum absolute atomic E-state index is 10.4. The average Bonchev–Trinajstić information content (AvgIpc) is 2.90. The first-order valence-corrected chi connectivity index (χ1v) is 8.53. The number of nitrogens with one attached hydrogen (secondary N) is 1. The molecular weight excluding hydrogens is 280 g/mol. The molecule has 2 heterocycles. The molecule has 3 atom stereocenters. The molecule has 0 radical (unpaired) electrons. The smallest absolute Gasteiger partial charge is 0.101 e. The highest BCUT2D eigenvalue weighted by Gasteiger charge is 2.24. The number of hydrogen-bond donors (Lipinski definition) is 2. The molecule has 1 aromatic carbocycles. The third-order valence-electron chi connectivity index (χ3n) is 4.45. The van der Waals surface area contributed by atoms with E-state index in [1.807, 2.05) is 12.1 Å². The molecule has 0 spiro atoms. The third-order valence-corrected chi connectivity index (χ3v) is 5.67. The molecule has 21 heavy (non-hydrogen) atoms. The Hall–Kier alpha value is -0.940. The number of aliphatic hydroxyl groups excluding tert-OH is 1. The molecule has 0 saturated carbocycles. The van der Waals surface area contributed by atoms with Crippen LogP contribution in [0.3, 0.4) is 0 Å². The Balaban J connectivity index is 1.60. The van der Waals surface area contributed by atoms with Crippen LogP contribution in [0.2, 0.25) is 0 Å². The molecule has 3 nitrogen and oxygen atoms in total. The lowest BCUT2D eigenvalue weighted by Gasteiger charge is -2.35. The summed E-state index contributed by atoms with van der Waals surface area (Å²) in [5.41, 5.74) is 0. The highest BCUT2D eigenvalue weighted by molar-refractivity contribution is 7.19. The lowest BCUT2D eigenvalue weighted by Crippen LogP contribution is -2.47. The average molecular weight is 304 g/mol. The van der Waals surface area contributed by atoms with Crippen LogP contribution < -0.4 is 5.32 Å². The number of nitrogens with zero attached hydrogens (tertiary/aromatic N) is 1. The van der Waals surface area contributed by atoms with Crippen LogP contribution in [0.4, 0.5) is 0 Å². The van der Waals surface area contributed by atoms with E-state index in [2.05, 4.69) is 42.4 Å². The molecule has 0 bridgehead atoms. The number of hydrogen-bond acceptors (Lipinski definition) is 4. The van der Waals surface area contributed by atoms with E-state index >= 15 is 0 Å². The summed E-state index contributed by atoms with van der Waals surface area (Å²) in [6.45, 7) is 5.21. The first-order chi connectivity index (χ1) is 10.1. The van der Waals surface area contributed by atoms with Gasteiger partial charge >= 0.3 is 0 Å². The van der Waals surface area contributed by atoms with Gasteiger partial charge < -0.3 is 15.3 Å². The summed E-state index contributed by atoms with van der Waals surface area (Å²) in [5.74, 6) is 0.637. The maximum Gasteiger partial charge on any atom is 0.101 e. The van der Waals surface area contributed by atoms with Crippen molar-refractivity contribution in [2.75, 3.05) is 26.7 Å². The summed E-state index contributed by atoms with van der Waals surface area (Å²) < 4.78 is 1.25. The number of thiophene rings is 1. The number of likely N-dealkylation sites (tertiary alicyclic amines) is 1. The Labute approximate surface area is 130 Å². The number of piperidine rings is 1. The van der Waals surface area contributed by atoms with E-state index in [-0.39, 0.29) is 0 Å². The summed E-state index contributed by atoms with van der Waals surface area (Å²) in [6.07, 6.45) is 0.755. The summed E-state index contributed by atoms with van der Waals surface area (Å²) >= 11 is 1.69. The molecule has 1 aliphatic heterocycles. The topological polar surface area (TPSA) is 35.5 Å². The molecule has 3 rings (SSSR count). The standard InChI is InChI=1S/C17H24N2OS/c1-12-11-19(2)8-7-14(12)18-10-15(20)17-9-13-5-3-4-6-16(13)21-17/h3-6,9,12,14-15,18,20H,7-8,10-11H2,1-2H3. The quantitative estimate of drug-likeness (QED) is 0.912. The van der Waals surface area contributed by atoms with Crippen molar-refractivity contribution in [3.05, 3.63) is 35.2 Å². The van der Waals surface area contributed by atoms with Gasteiger partial charge in [-0.25, -0.2) is 0 Å². The number of benzene rings is 1. The van der Waals surface area contributed by atoms with Crippen LogP contribution in [0, 0.1) is 5.92 Å². The van der Waals surface area contributed by atoms with Crippen molar-refractivity contribution in [2.45, 2.75) is 25.5 Å². The van der Waals surface area contributed by atoms with Gasteiger partial charge in [0.05, 0.1) is 0 Å². The lowest BCUT2D eigenvalue weighted by molar-refractivity contribution is 0.139. The van der Waals surface area contributed by atoms with Crippen molar-refractivity contribution in [1.82, 2.24) is 10.2 Å². The zero-order valence-corrected chi connectivity index (χ0v) is 13.6. The second-order valence-corrected chi connectivity index (χ2v) is 7.36. The van der Waals surface area contributed by atoms with E-state index in [9.17, 15) is 5.11 Å². The Kier molecular flexibility index (Phi) is 4.60. The first-order valence-electron chi connectivity index (χ1n) is 7.72. The van der Waals surface area contributed by atoms with Gasteiger partial charge in [0.1, 0.15) is 6.10 Å². The molecule has 4 heteroatoms. The SMILES string of the molecule is CC1CN(C)CCC1NCC(O)c1cc2ccccc2s1. The van der Waals surface area contributed by atoms with Crippen molar-refractivity contribution < 1.29 is 5.11 Å². The van der Waals surface area contributed by atoms with Gasteiger partial charge in [-0.1, -0.05) is 25.1 Å². The van der Waals surface area contributed by atoms with E-state index in [0.29, 0.717) is 18.5 Å². The van der Waals surface area contributed by atoms with E-state index in [0.717, 1.165) is 24.4 Å². The van der Waals surface area contributed by atoms with Crippen molar-refractivity contribution in [1.29, 1.82) is 0 Å². The van der Waals surface area contributed by atoms with E-state index in [1.165, 1.54) is 10.1 Å². The fourth-order valence-electron chi connectivity index (χ4n) is 3.19. The Morgan fingerprint density at radius 3 is 3.00 bits per heavy atom. The summed E-state index contributed by atoms with van der Waals surface area (Å²) in [5, 5.41) is 15.2. The van der Waals surface area contributed by atoms with Crippen molar-refractivity contribution in [2.24, 2.45) is 5.92 Å². The summed E-state index contributed by atoms with van der Waals surface area (Å²) in [6, 6.07) is 10.9. The zero-order valence-electron chi connectivity index (χ0n) is 12.7. The summed E-state index contributed by atoms with van der Waals surface area (Å²) in [4.78, 5) is 3.44. The molecule has 1 aliphatic rings. The Morgan fingerprint density at radius 2 is 2.24 bits per heavy atom. The van der Waals surface area contributed by atoms with Crippen molar-refractivity contribution in [3.63, 3.8) is 0 Å². The third kappa shape index (κ3) is 3.46. The van der Waals surface area contributed by atoms with Crippen LogP contribution in [-0.4, -0.2) is 42.7 Å². The number of fused-ring (bicyclic) bond motifs is 1. The minimum atomic E-state index is -0.408. The fraction of sp³-hybridized carbons (Fsp3) is 0.529. The zero-order chi connectivity index (χ0) is 14.8. The predicted octanol–water partition coefficient (Wildman–Crippen LogP) is 2.86. The van der Waals surface area contributed by atoms with Gasteiger partial charge in [-0.2, -0.15) is 0 Å². The molecular formula is C17H24N2OS. The molecule has 0 amide bonds. The van der Waals surface area contributed by atoms with Gasteiger partial charge in [0, 0.05) is 28.7 Å². The molecule has 1 aromatic heterocycles. The van der Waals surface area contributed by atoms with Crippen molar-refractivity contribution >= 4 is 21.4 Å². The number of rotatable bonds is 4. The molecule has 1 fully saturated rings. The Bertz CT molecular complexity index is 564. The molecule has 114 valence electrons. The van der Waals surface area contributed by atoms with Gasteiger partial charge in [0.2, 0.25) is 0 Å². The van der Waals surface area contributed by atoms with Gasteiger partial charge in [0.15, 0.2) is 0 Å². The van der Waals surface area contributed by atoms with Crippen LogP contribution in [0.15, 0.2) is 30.3 Å². The van der Waals surface area contributed by atoms with Gasteiger partial charge in [-0.15, -0.1) is 11.3 Å². The molecule has 2 N–H and O–H groups in total. The van der Waals surface area contributed by atoms with Crippen molar-refractivity contribution in [3.8, 4) is 0 Å². The fourth-order valence-corrected chi connectivity index (χ4v) is 4.24.